The SMILES string of the molecule is CCN(C(=O)c1cc(OC)c(OC)c(OC)c1)C1CCCCC1. The average molecular weight is 321 g/mol. The van der Waals surface area contributed by atoms with Crippen LogP contribution in [0.15, 0.2) is 12.1 Å². The Bertz CT molecular complexity index is 513. The molecule has 0 bridgehead atoms. The summed E-state index contributed by atoms with van der Waals surface area (Å²) >= 11 is 0. The topological polar surface area (TPSA) is 48.0 Å². The minimum Gasteiger partial charge on any atom is -0.493 e. The molecule has 1 aromatic rings. The van der Waals surface area contributed by atoms with Crippen LogP contribution in [0.5, 0.6) is 17.2 Å². The van der Waals surface area contributed by atoms with Crippen molar-refractivity contribution in [1.82, 2.24) is 4.90 Å². The molecule has 1 aromatic carbocycles. The van der Waals surface area contributed by atoms with E-state index in [9.17, 15) is 4.79 Å². The lowest BCUT2D eigenvalue weighted by Crippen LogP contribution is -2.41. The number of hydrogen-bond acceptors (Lipinski definition) is 4. The maximum absolute atomic E-state index is 13.0. The van der Waals surface area contributed by atoms with Crippen LogP contribution in [0.1, 0.15) is 49.4 Å². The lowest BCUT2D eigenvalue weighted by molar-refractivity contribution is 0.0647. The zero-order valence-electron chi connectivity index (χ0n) is 14.6. The van der Waals surface area contributed by atoms with Gasteiger partial charge in [-0.2, -0.15) is 0 Å². The van der Waals surface area contributed by atoms with Crippen molar-refractivity contribution >= 4 is 5.91 Å². The molecule has 5 heteroatoms. The van der Waals surface area contributed by atoms with Crippen molar-refractivity contribution in [2.45, 2.75) is 45.1 Å². The third kappa shape index (κ3) is 3.71. The van der Waals surface area contributed by atoms with Crippen molar-refractivity contribution in [1.29, 1.82) is 0 Å². The van der Waals surface area contributed by atoms with Crippen LogP contribution in [0.2, 0.25) is 0 Å². The van der Waals surface area contributed by atoms with Crippen LogP contribution >= 0.6 is 0 Å². The fourth-order valence-corrected chi connectivity index (χ4v) is 3.33. The zero-order valence-corrected chi connectivity index (χ0v) is 14.6. The van der Waals surface area contributed by atoms with E-state index < -0.39 is 0 Å². The van der Waals surface area contributed by atoms with Gasteiger partial charge in [0.05, 0.1) is 21.3 Å². The molecule has 0 saturated heterocycles. The van der Waals surface area contributed by atoms with Gasteiger partial charge in [0.2, 0.25) is 5.75 Å². The fourth-order valence-electron chi connectivity index (χ4n) is 3.33. The molecule has 0 aromatic heterocycles. The molecule has 0 spiro atoms. The van der Waals surface area contributed by atoms with Gasteiger partial charge in [-0.1, -0.05) is 19.3 Å². The predicted octanol–water partition coefficient (Wildman–Crippen LogP) is 3.51. The second kappa shape index (κ2) is 8.09. The van der Waals surface area contributed by atoms with Crippen molar-refractivity contribution < 1.29 is 19.0 Å². The Hall–Kier alpha value is -1.91. The quantitative estimate of drug-likeness (QED) is 0.804. The molecule has 1 aliphatic carbocycles. The number of amides is 1. The Balaban J connectivity index is 2.33. The number of nitrogens with zero attached hydrogens (tertiary/aromatic N) is 1. The average Bonchev–Trinajstić information content (AvgIpc) is 2.61. The van der Waals surface area contributed by atoms with Crippen LogP contribution in [0.25, 0.3) is 0 Å². The maximum Gasteiger partial charge on any atom is 0.254 e. The molecule has 5 nitrogen and oxygen atoms in total. The largest absolute Gasteiger partial charge is 0.493 e. The standard InChI is InChI=1S/C18H27NO4/c1-5-19(14-9-7-6-8-10-14)18(20)13-11-15(21-2)17(23-4)16(12-13)22-3/h11-12,14H,5-10H2,1-4H3. The van der Waals surface area contributed by atoms with E-state index in [1.807, 2.05) is 11.8 Å². The van der Waals surface area contributed by atoms with Gasteiger partial charge in [-0.25, -0.2) is 0 Å². The van der Waals surface area contributed by atoms with Gasteiger partial charge in [-0.3, -0.25) is 4.79 Å². The lowest BCUT2D eigenvalue weighted by Gasteiger charge is -2.33. The summed E-state index contributed by atoms with van der Waals surface area (Å²) in [5.41, 5.74) is 0.576. The zero-order chi connectivity index (χ0) is 16.8. The lowest BCUT2D eigenvalue weighted by atomic mass is 9.93. The molecule has 2 rings (SSSR count). The normalized spacial score (nSPS) is 15.1. The Labute approximate surface area is 138 Å². The first-order valence-corrected chi connectivity index (χ1v) is 8.27. The minimum atomic E-state index is 0.0265. The van der Waals surface area contributed by atoms with E-state index in [0.29, 0.717) is 35.4 Å². The summed E-state index contributed by atoms with van der Waals surface area (Å²) in [6, 6.07) is 3.80. The highest BCUT2D eigenvalue weighted by molar-refractivity contribution is 5.96. The molecule has 1 aliphatic rings. The van der Waals surface area contributed by atoms with Crippen molar-refractivity contribution in [2.75, 3.05) is 27.9 Å². The number of carbonyl (C=O) groups excluding carboxylic acids is 1. The van der Waals surface area contributed by atoms with E-state index in [4.69, 9.17) is 14.2 Å². The molecule has 23 heavy (non-hydrogen) atoms. The Morgan fingerprint density at radius 2 is 1.61 bits per heavy atom. The van der Waals surface area contributed by atoms with Crippen molar-refractivity contribution in [3.63, 3.8) is 0 Å². The molecule has 0 atom stereocenters. The number of ether oxygens (including phenoxy) is 3. The van der Waals surface area contributed by atoms with E-state index in [-0.39, 0.29) is 5.91 Å². The van der Waals surface area contributed by atoms with Crippen molar-refractivity contribution in [3.05, 3.63) is 17.7 Å². The number of carbonyl (C=O) groups is 1. The van der Waals surface area contributed by atoms with Crippen molar-refractivity contribution in [2.24, 2.45) is 0 Å². The first kappa shape index (κ1) is 17.4. The Morgan fingerprint density at radius 3 is 2.04 bits per heavy atom. The second-order valence-corrected chi connectivity index (χ2v) is 5.80. The third-order valence-electron chi connectivity index (χ3n) is 4.53. The molecule has 1 saturated carbocycles. The van der Waals surface area contributed by atoms with Gasteiger partial charge in [-0.05, 0) is 31.9 Å². The first-order valence-electron chi connectivity index (χ1n) is 8.27. The summed E-state index contributed by atoms with van der Waals surface area (Å²) < 4.78 is 16.0. The van der Waals surface area contributed by atoms with Crippen LogP contribution in [0.4, 0.5) is 0 Å². The summed E-state index contributed by atoms with van der Waals surface area (Å²) in [6.45, 7) is 2.74. The maximum atomic E-state index is 13.0. The molecule has 1 amide bonds. The van der Waals surface area contributed by atoms with Gasteiger partial charge in [0.25, 0.3) is 5.91 Å². The molecule has 1 fully saturated rings. The van der Waals surface area contributed by atoms with Gasteiger partial charge in [0.1, 0.15) is 0 Å². The van der Waals surface area contributed by atoms with E-state index in [1.54, 1.807) is 33.5 Å². The molecule has 0 heterocycles. The van der Waals surface area contributed by atoms with Gasteiger partial charge in [-0.15, -0.1) is 0 Å². The van der Waals surface area contributed by atoms with E-state index >= 15 is 0 Å². The summed E-state index contributed by atoms with van der Waals surface area (Å²) in [5, 5.41) is 0. The van der Waals surface area contributed by atoms with Crippen LogP contribution < -0.4 is 14.2 Å². The predicted molar refractivity (Wildman–Crippen MR) is 89.7 cm³/mol. The first-order chi connectivity index (χ1) is 11.2. The molecule has 0 radical (unpaired) electrons. The van der Waals surface area contributed by atoms with Gasteiger partial charge in [0, 0.05) is 18.2 Å². The van der Waals surface area contributed by atoms with E-state index in [1.165, 1.54) is 19.3 Å². The summed E-state index contributed by atoms with van der Waals surface area (Å²) in [4.78, 5) is 15.0. The Morgan fingerprint density at radius 1 is 1.04 bits per heavy atom. The number of hydrogen-bond donors (Lipinski definition) is 0. The summed E-state index contributed by atoms with van der Waals surface area (Å²) in [5.74, 6) is 1.55. The van der Waals surface area contributed by atoms with E-state index in [2.05, 4.69) is 0 Å². The van der Waals surface area contributed by atoms with Crippen LogP contribution in [0.3, 0.4) is 0 Å². The number of benzene rings is 1. The smallest absolute Gasteiger partial charge is 0.254 e. The van der Waals surface area contributed by atoms with Crippen LogP contribution in [-0.4, -0.2) is 44.7 Å². The second-order valence-electron chi connectivity index (χ2n) is 5.80. The highest BCUT2D eigenvalue weighted by Crippen LogP contribution is 2.38. The van der Waals surface area contributed by atoms with Crippen LogP contribution in [0, 0.1) is 0 Å². The highest BCUT2D eigenvalue weighted by Gasteiger charge is 2.26. The molecular formula is C18H27NO4. The number of methoxy groups -OCH3 is 3. The van der Waals surface area contributed by atoms with E-state index in [0.717, 1.165) is 12.8 Å². The summed E-state index contributed by atoms with van der Waals surface area (Å²) in [6.07, 6.45) is 5.84. The molecular weight excluding hydrogens is 294 g/mol. The number of rotatable bonds is 6. The third-order valence-corrected chi connectivity index (χ3v) is 4.53. The van der Waals surface area contributed by atoms with Gasteiger partial charge < -0.3 is 19.1 Å². The monoisotopic (exact) mass is 321 g/mol. The minimum absolute atomic E-state index is 0.0265. The van der Waals surface area contributed by atoms with Gasteiger partial charge in [0.15, 0.2) is 11.5 Å². The molecule has 0 unspecified atom stereocenters. The fraction of sp³-hybridized carbons (Fsp3) is 0.611. The van der Waals surface area contributed by atoms with Gasteiger partial charge >= 0.3 is 0 Å². The summed E-state index contributed by atoms with van der Waals surface area (Å²) in [7, 11) is 4.68. The van der Waals surface area contributed by atoms with Crippen molar-refractivity contribution in [3.8, 4) is 17.2 Å². The molecule has 0 N–H and O–H groups in total. The molecule has 0 aliphatic heterocycles. The highest BCUT2D eigenvalue weighted by atomic mass is 16.5. The molecule has 128 valence electrons. The Kier molecular flexibility index (Phi) is 6.13. The van der Waals surface area contributed by atoms with Crippen LogP contribution in [-0.2, 0) is 0 Å².